The number of nitrogens with one attached hydrogen (secondary N) is 1. The summed E-state index contributed by atoms with van der Waals surface area (Å²) >= 11 is 0. The Morgan fingerprint density at radius 3 is 2.89 bits per heavy atom. The molecule has 1 amide bonds. The number of ether oxygens (including phenoxy) is 3. The summed E-state index contributed by atoms with van der Waals surface area (Å²) in [5.41, 5.74) is 0. The van der Waals surface area contributed by atoms with E-state index in [4.69, 9.17) is 14.2 Å². The highest BCUT2D eigenvalue weighted by atomic mass is 16.5. The van der Waals surface area contributed by atoms with Crippen molar-refractivity contribution in [2.45, 2.75) is 18.9 Å². The van der Waals surface area contributed by atoms with Crippen LogP contribution in [0.5, 0.6) is 11.5 Å². The Balaban J connectivity index is 1.73. The third kappa shape index (κ3) is 4.13. The van der Waals surface area contributed by atoms with E-state index in [-0.39, 0.29) is 18.6 Å². The fraction of sp³-hybridized carbons (Fsp3) is 0.500. The lowest BCUT2D eigenvalue weighted by atomic mass is 10.2. The van der Waals surface area contributed by atoms with Crippen molar-refractivity contribution in [2.75, 3.05) is 26.9 Å². The molecule has 0 aromatic heterocycles. The van der Waals surface area contributed by atoms with Gasteiger partial charge in [0.05, 0.1) is 13.2 Å². The summed E-state index contributed by atoms with van der Waals surface area (Å²) in [5, 5.41) is 2.80. The number of hydrogen-bond acceptors (Lipinski definition) is 4. The standard InChI is InChI=1S/C14H19NO4/c1-17-12-6-2-3-7-13(12)19-10-14(16)15-9-11-5-4-8-18-11/h2-3,6-7,11H,4-5,8-10H2,1H3,(H,15,16)/t11-/m0/s1. The van der Waals surface area contributed by atoms with Gasteiger partial charge in [0.25, 0.3) is 5.91 Å². The maximum absolute atomic E-state index is 11.6. The van der Waals surface area contributed by atoms with E-state index in [1.54, 1.807) is 19.2 Å². The predicted molar refractivity (Wildman–Crippen MR) is 70.5 cm³/mol. The molecular weight excluding hydrogens is 246 g/mol. The number of amides is 1. The normalized spacial score (nSPS) is 18.1. The van der Waals surface area contributed by atoms with Crippen molar-refractivity contribution in [3.8, 4) is 11.5 Å². The van der Waals surface area contributed by atoms with Crippen LogP contribution in [0, 0.1) is 0 Å². The molecular formula is C14H19NO4. The maximum Gasteiger partial charge on any atom is 0.258 e. The number of carbonyl (C=O) groups excluding carboxylic acids is 1. The number of benzene rings is 1. The van der Waals surface area contributed by atoms with E-state index < -0.39 is 0 Å². The van der Waals surface area contributed by atoms with Gasteiger partial charge in [-0.05, 0) is 25.0 Å². The van der Waals surface area contributed by atoms with Gasteiger partial charge < -0.3 is 19.5 Å². The smallest absolute Gasteiger partial charge is 0.258 e. The topological polar surface area (TPSA) is 56.8 Å². The first-order valence-corrected chi connectivity index (χ1v) is 6.43. The number of methoxy groups -OCH3 is 1. The molecule has 0 saturated carbocycles. The van der Waals surface area contributed by atoms with Crippen LogP contribution in [0.1, 0.15) is 12.8 Å². The molecule has 0 radical (unpaired) electrons. The van der Waals surface area contributed by atoms with Crippen molar-refractivity contribution in [2.24, 2.45) is 0 Å². The van der Waals surface area contributed by atoms with E-state index in [0.29, 0.717) is 18.0 Å². The molecule has 5 nitrogen and oxygen atoms in total. The van der Waals surface area contributed by atoms with E-state index >= 15 is 0 Å². The minimum atomic E-state index is -0.151. The zero-order valence-corrected chi connectivity index (χ0v) is 11.1. The van der Waals surface area contributed by atoms with Gasteiger partial charge in [-0.1, -0.05) is 12.1 Å². The van der Waals surface area contributed by atoms with Crippen LogP contribution in [0.3, 0.4) is 0 Å². The van der Waals surface area contributed by atoms with Gasteiger partial charge in [0.2, 0.25) is 0 Å². The minimum absolute atomic E-state index is 0.0207. The van der Waals surface area contributed by atoms with Crippen LogP contribution in [0.15, 0.2) is 24.3 Å². The third-order valence-corrected chi connectivity index (χ3v) is 2.98. The second kappa shape index (κ2) is 6.99. The summed E-state index contributed by atoms with van der Waals surface area (Å²) in [6, 6.07) is 7.25. The Hall–Kier alpha value is -1.75. The van der Waals surface area contributed by atoms with Crippen molar-refractivity contribution in [1.82, 2.24) is 5.32 Å². The van der Waals surface area contributed by atoms with Crippen LogP contribution in [0.4, 0.5) is 0 Å². The molecule has 1 N–H and O–H groups in total. The van der Waals surface area contributed by atoms with E-state index in [1.807, 2.05) is 12.1 Å². The highest BCUT2D eigenvalue weighted by molar-refractivity contribution is 5.77. The van der Waals surface area contributed by atoms with Crippen LogP contribution in [-0.2, 0) is 9.53 Å². The molecule has 1 aliphatic rings. The molecule has 0 unspecified atom stereocenters. The van der Waals surface area contributed by atoms with E-state index in [0.717, 1.165) is 19.4 Å². The van der Waals surface area contributed by atoms with Gasteiger partial charge in [-0.3, -0.25) is 4.79 Å². The molecule has 1 saturated heterocycles. The Labute approximate surface area is 112 Å². The van der Waals surface area contributed by atoms with E-state index in [9.17, 15) is 4.79 Å². The second-order valence-corrected chi connectivity index (χ2v) is 4.38. The molecule has 5 heteroatoms. The summed E-state index contributed by atoms with van der Waals surface area (Å²) < 4.78 is 16.0. The lowest BCUT2D eigenvalue weighted by Crippen LogP contribution is -2.35. The van der Waals surface area contributed by atoms with Crippen molar-refractivity contribution in [1.29, 1.82) is 0 Å². The second-order valence-electron chi connectivity index (χ2n) is 4.38. The Kier molecular flexibility index (Phi) is 5.03. The summed E-state index contributed by atoms with van der Waals surface area (Å²) in [5.74, 6) is 1.04. The van der Waals surface area contributed by atoms with Gasteiger partial charge in [0.15, 0.2) is 18.1 Å². The number of hydrogen-bond donors (Lipinski definition) is 1. The Morgan fingerprint density at radius 2 is 2.21 bits per heavy atom. The largest absolute Gasteiger partial charge is 0.493 e. The van der Waals surface area contributed by atoms with Crippen molar-refractivity contribution in [3.05, 3.63) is 24.3 Å². The molecule has 1 aromatic carbocycles. The summed E-state index contributed by atoms with van der Waals surface area (Å²) in [6.07, 6.45) is 2.22. The summed E-state index contributed by atoms with van der Waals surface area (Å²) in [6.45, 7) is 1.32. The van der Waals surface area contributed by atoms with Gasteiger partial charge in [-0.15, -0.1) is 0 Å². The van der Waals surface area contributed by atoms with Crippen LogP contribution < -0.4 is 14.8 Å². The zero-order valence-electron chi connectivity index (χ0n) is 11.1. The monoisotopic (exact) mass is 265 g/mol. The van der Waals surface area contributed by atoms with E-state index in [2.05, 4.69) is 5.32 Å². The molecule has 104 valence electrons. The van der Waals surface area contributed by atoms with Crippen LogP contribution in [0.2, 0.25) is 0 Å². The van der Waals surface area contributed by atoms with Gasteiger partial charge in [-0.25, -0.2) is 0 Å². The quantitative estimate of drug-likeness (QED) is 0.844. The first kappa shape index (κ1) is 13.7. The number of carbonyl (C=O) groups is 1. The molecule has 1 fully saturated rings. The maximum atomic E-state index is 11.6. The molecule has 2 rings (SSSR count). The molecule has 0 spiro atoms. The lowest BCUT2D eigenvalue weighted by molar-refractivity contribution is -0.123. The van der Waals surface area contributed by atoms with Crippen molar-refractivity contribution >= 4 is 5.91 Å². The highest BCUT2D eigenvalue weighted by Gasteiger charge is 2.16. The Morgan fingerprint density at radius 1 is 1.42 bits per heavy atom. The first-order chi connectivity index (χ1) is 9.29. The average Bonchev–Trinajstić information content (AvgIpc) is 2.96. The number of para-hydroxylation sites is 2. The van der Waals surface area contributed by atoms with Gasteiger partial charge in [0.1, 0.15) is 0 Å². The molecule has 1 aliphatic heterocycles. The van der Waals surface area contributed by atoms with Crippen LogP contribution in [0.25, 0.3) is 0 Å². The zero-order chi connectivity index (χ0) is 13.5. The van der Waals surface area contributed by atoms with Crippen molar-refractivity contribution < 1.29 is 19.0 Å². The first-order valence-electron chi connectivity index (χ1n) is 6.43. The van der Waals surface area contributed by atoms with E-state index in [1.165, 1.54) is 0 Å². The average molecular weight is 265 g/mol. The van der Waals surface area contributed by atoms with Crippen LogP contribution >= 0.6 is 0 Å². The van der Waals surface area contributed by atoms with Crippen LogP contribution in [-0.4, -0.2) is 38.9 Å². The molecule has 0 bridgehead atoms. The molecule has 19 heavy (non-hydrogen) atoms. The van der Waals surface area contributed by atoms with Crippen molar-refractivity contribution in [3.63, 3.8) is 0 Å². The lowest BCUT2D eigenvalue weighted by Gasteiger charge is -2.12. The third-order valence-electron chi connectivity index (χ3n) is 2.98. The molecule has 1 aromatic rings. The molecule has 1 atom stereocenters. The minimum Gasteiger partial charge on any atom is -0.493 e. The summed E-state index contributed by atoms with van der Waals surface area (Å²) in [7, 11) is 1.57. The highest BCUT2D eigenvalue weighted by Crippen LogP contribution is 2.25. The molecule has 0 aliphatic carbocycles. The van der Waals surface area contributed by atoms with Gasteiger partial charge >= 0.3 is 0 Å². The number of rotatable bonds is 6. The fourth-order valence-electron chi connectivity index (χ4n) is 1.97. The SMILES string of the molecule is COc1ccccc1OCC(=O)NC[C@@H]1CCCO1. The van der Waals surface area contributed by atoms with Gasteiger partial charge in [0, 0.05) is 13.2 Å². The molecule has 1 heterocycles. The summed E-state index contributed by atoms with van der Waals surface area (Å²) in [4.78, 5) is 11.6. The van der Waals surface area contributed by atoms with Gasteiger partial charge in [-0.2, -0.15) is 0 Å². The fourth-order valence-corrected chi connectivity index (χ4v) is 1.97. The predicted octanol–water partition coefficient (Wildman–Crippen LogP) is 1.37. The Bertz CT molecular complexity index is 416.